The average Bonchev–Trinajstić information content (AvgIpc) is 2.19. The van der Waals surface area contributed by atoms with Crippen LogP contribution in [0, 0.1) is 0 Å². The van der Waals surface area contributed by atoms with Crippen LogP contribution in [0.1, 0.15) is 0 Å². The Hall–Kier alpha value is -0.790. The Morgan fingerprint density at radius 3 is 1.85 bits per heavy atom. The molecule has 0 aromatic carbocycles. The Morgan fingerprint density at radius 1 is 0.923 bits per heavy atom. The molecular formula is C11H13ClS. The molecule has 1 rings (SSSR count). The van der Waals surface area contributed by atoms with E-state index < -0.39 is 0 Å². The second kappa shape index (κ2) is 7.84. The maximum absolute atomic E-state index is 3.74. The first kappa shape index (κ1) is 12.2. The topological polar surface area (TPSA) is 0 Å². The lowest BCUT2D eigenvalue weighted by Gasteiger charge is -1.78. The summed E-state index contributed by atoms with van der Waals surface area (Å²) in [6.07, 6.45) is 1.96. The van der Waals surface area contributed by atoms with Crippen LogP contribution in [0.15, 0.2) is 59.8 Å². The maximum atomic E-state index is 3.74. The van der Waals surface area contributed by atoms with Crippen LogP contribution in [-0.2, 0) is 5.75 Å². The van der Waals surface area contributed by atoms with E-state index in [0.717, 1.165) is 5.75 Å². The minimum absolute atomic E-state index is 0. The van der Waals surface area contributed by atoms with Crippen LogP contribution >= 0.6 is 10.5 Å². The van der Waals surface area contributed by atoms with E-state index in [2.05, 4.69) is 29.5 Å². The molecule has 0 atom stereocenters. The van der Waals surface area contributed by atoms with Crippen LogP contribution in [0.4, 0.5) is 0 Å². The lowest BCUT2D eigenvalue weighted by Crippen LogP contribution is -3.00. The van der Waals surface area contributed by atoms with Gasteiger partial charge in [-0.15, -0.1) is 0 Å². The fraction of sp³-hybridized carbons (Fsp3) is 0.0909. The average molecular weight is 213 g/mol. The summed E-state index contributed by atoms with van der Waals surface area (Å²) in [5, 5.41) is 4.42. The molecule has 0 spiro atoms. The van der Waals surface area contributed by atoms with Gasteiger partial charge in [-0.25, -0.2) is 0 Å². The molecule has 0 aliphatic heterocycles. The summed E-state index contributed by atoms with van der Waals surface area (Å²) in [4.78, 5) is 0. The van der Waals surface area contributed by atoms with Gasteiger partial charge < -0.3 is 12.4 Å². The van der Waals surface area contributed by atoms with Gasteiger partial charge in [0.05, 0.1) is 0 Å². The van der Waals surface area contributed by atoms with Gasteiger partial charge in [0.15, 0.2) is 0 Å². The molecule has 0 bridgehead atoms. The first-order valence-electron chi connectivity index (χ1n) is 3.91. The Balaban J connectivity index is 0.00000144. The monoisotopic (exact) mass is 212 g/mol. The highest BCUT2D eigenvalue weighted by molar-refractivity contribution is 7.27. The first-order chi connectivity index (χ1) is 5.93. The molecule has 1 aromatic rings. The molecule has 70 valence electrons. The third-order valence-electron chi connectivity index (χ3n) is 1.37. The lowest BCUT2D eigenvalue weighted by molar-refractivity contribution is -0.00000243. The molecule has 2 heteroatoms. The molecule has 1 aromatic heterocycles. The fourth-order valence-corrected chi connectivity index (χ4v) is 2.01. The van der Waals surface area contributed by atoms with E-state index >= 15 is 0 Å². The summed E-state index contributed by atoms with van der Waals surface area (Å²) in [7, 11) is 0.234. The molecule has 0 amide bonds. The number of hydrogen-bond donors (Lipinski definition) is 0. The van der Waals surface area contributed by atoms with Crippen molar-refractivity contribution >= 4 is 10.5 Å². The third-order valence-corrected chi connectivity index (χ3v) is 3.01. The van der Waals surface area contributed by atoms with Crippen molar-refractivity contribution in [2.45, 2.75) is 5.75 Å². The molecule has 0 unspecified atom stereocenters. The number of rotatable bonds is 2. The Labute approximate surface area is 88.6 Å². The molecule has 0 saturated carbocycles. The fourth-order valence-electron chi connectivity index (χ4n) is 0.842. The Bertz CT molecular complexity index is 266. The van der Waals surface area contributed by atoms with E-state index in [-0.39, 0.29) is 22.9 Å². The Kier molecular flexibility index (Phi) is 7.36. The normalized spacial score (nSPS) is 8.00. The molecule has 0 N–H and O–H groups in total. The summed E-state index contributed by atoms with van der Waals surface area (Å²) < 4.78 is 0. The Morgan fingerprint density at radius 2 is 1.38 bits per heavy atom. The molecule has 0 nitrogen and oxygen atoms in total. The first-order valence-corrected chi connectivity index (χ1v) is 5.43. The smallest absolute Gasteiger partial charge is 0.145 e. The van der Waals surface area contributed by atoms with Crippen molar-refractivity contribution in [1.82, 2.24) is 0 Å². The molecule has 0 saturated heterocycles. The molecule has 0 fully saturated rings. The summed E-state index contributed by atoms with van der Waals surface area (Å²) in [6, 6.07) is 12.3. The van der Waals surface area contributed by atoms with Gasteiger partial charge >= 0.3 is 0 Å². The molecule has 13 heavy (non-hydrogen) atoms. The van der Waals surface area contributed by atoms with Crippen molar-refractivity contribution in [3.05, 3.63) is 59.8 Å². The van der Waals surface area contributed by atoms with Gasteiger partial charge in [-0.05, 0) is 28.7 Å². The molecule has 0 aliphatic rings. The number of allylic oxidation sites excluding steroid dienone is 1. The van der Waals surface area contributed by atoms with Gasteiger partial charge in [0.2, 0.25) is 0 Å². The SMILES string of the molecule is C=CC[s+]1cccccccc1.[Cl-]. The van der Waals surface area contributed by atoms with Crippen molar-refractivity contribution in [3.8, 4) is 0 Å². The highest BCUT2D eigenvalue weighted by atomic mass is 35.5. The van der Waals surface area contributed by atoms with Crippen LogP contribution in [0.2, 0.25) is 0 Å². The van der Waals surface area contributed by atoms with Crippen molar-refractivity contribution in [2.75, 3.05) is 0 Å². The number of halogens is 1. The third kappa shape index (κ3) is 5.45. The van der Waals surface area contributed by atoms with Gasteiger partial charge in [-0.3, -0.25) is 0 Å². The quantitative estimate of drug-likeness (QED) is 0.502. The predicted octanol–water partition coefficient (Wildman–Crippen LogP) is 0.750. The minimum atomic E-state index is 0. The van der Waals surface area contributed by atoms with Crippen molar-refractivity contribution in [3.63, 3.8) is 0 Å². The lowest BCUT2D eigenvalue weighted by atomic mass is 10.5. The molecule has 1 heterocycles. The summed E-state index contributed by atoms with van der Waals surface area (Å²) in [5.74, 6) is 1.04. The van der Waals surface area contributed by atoms with Crippen molar-refractivity contribution in [1.29, 1.82) is 0 Å². The predicted molar refractivity (Wildman–Crippen MR) is 56.7 cm³/mol. The minimum Gasteiger partial charge on any atom is -1.00 e. The molecular weight excluding hydrogens is 200 g/mol. The zero-order valence-electron chi connectivity index (χ0n) is 7.40. The maximum Gasteiger partial charge on any atom is 0.145 e. The second-order valence-electron chi connectivity index (χ2n) is 2.35. The largest absolute Gasteiger partial charge is 1.00 e. The van der Waals surface area contributed by atoms with E-state index in [1.54, 1.807) is 0 Å². The van der Waals surface area contributed by atoms with Crippen LogP contribution in [-0.4, -0.2) is 0 Å². The molecule has 0 aliphatic carbocycles. The van der Waals surface area contributed by atoms with E-state index in [1.165, 1.54) is 0 Å². The number of hydrogen-bond acceptors (Lipinski definition) is 0. The van der Waals surface area contributed by atoms with Crippen molar-refractivity contribution in [2.24, 2.45) is 0 Å². The zero-order chi connectivity index (χ0) is 8.65. The standard InChI is InChI=1S/C11H13S.ClH/c1-2-9-12-10-7-5-3-4-6-8-11-12;/h2-8,10-11H,1,9H2;1H/q+1;/p-1. The highest BCUT2D eigenvalue weighted by Crippen LogP contribution is 2.13. The van der Waals surface area contributed by atoms with Gasteiger partial charge in [0.25, 0.3) is 0 Å². The van der Waals surface area contributed by atoms with Gasteiger partial charge in [-0.2, -0.15) is 0 Å². The summed E-state index contributed by atoms with van der Waals surface area (Å²) >= 11 is 0. The zero-order valence-corrected chi connectivity index (χ0v) is 8.97. The van der Waals surface area contributed by atoms with Crippen molar-refractivity contribution < 1.29 is 12.4 Å². The van der Waals surface area contributed by atoms with Crippen LogP contribution in [0.3, 0.4) is 0 Å². The molecule has 0 radical (unpaired) electrons. The van der Waals surface area contributed by atoms with E-state index in [4.69, 9.17) is 0 Å². The summed E-state index contributed by atoms with van der Waals surface area (Å²) in [6.45, 7) is 3.74. The van der Waals surface area contributed by atoms with E-state index in [9.17, 15) is 0 Å². The van der Waals surface area contributed by atoms with Gasteiger partial charge in [-0.1, -0.05) is 30.8 Å². The van der Waals surface area contributed by atoms with Crippen LogP contribution in [0.25, 0.3) is 0 Å². The van der Waals surface area contributed by atoms with Gasteiger partial charge in [0, 0.05) is 0 Å². The second-order valence-corrected chi connectivity index (χ2v) is 4.17. The van der Waals surface area contributed by atoms with Crippen LogP contribution < -0.4 is 12.4 Å². The van der Waals surface area contributed by atoms with Crippen LogP contribution in [0.5, 0.6) is 0 Å². The van der Waals surface area contributed by atoms with E-state index in [1.807, 2.05) is 30.3 Å². The summed E-state index contributed by atoms with van der Waals surface area (Å²) in [5.41, 5.74) is 0. The van der Waals surface area contributed by atoms with Gasteiger partial charge in [0.1, 0.15) is 16.5 Å². The van der Waals surface area contributed by atoms with E-state index in [0.29, 0.717) is 0 Å². The highest BCUT2D eigenvalue weighted by Gasteiger charge is 1.90.